The first-order valence-electron chi connectivity index (χ1n) is 6.80. The molecule has 3 rings (SSSR count). The zero-order chi connectivity index (χ0) is 17.7. The molecular formula is C14H18ClN3O6Ru. The first-order chi connectivity index (χ1) is 11.6. The van der Waals surface area contributed by atoms with Gasteiger partial charge in [0.25, 0.3) is 5.89 Å². The maximum absolute atomic E-state index is 9.99. The molecule has 2 aromatic heterocycles. The molecule has 0 radical (unpaired) electrons. The van der Waals surface area contributed by atoms with Crippen LogP contribution in [0.4, 0.5) is 0 Å². The Morgan fingerprint density at radius 1 is 1.08 bits per heavy atom. The molecule has 9 nitrogen and oxygen atoms in total. The van der Waals surface area contributed by atoms with Crippen molar-refractivity contribution in [3.05, 3.63) is 37.7 Å². The van der Waals surface area contributed by atoms with Crippen molar-refractivity contribution < 1.29 is 46.9 Å². The summed E-state index contributed by atoms with van der Waals surface area (Å²) in [4.78, 5) is 4.06. The number of ether oxygens (including phenoxy) is 1. The summed E-state index contributed by atoms with van der Waals surface area (Å²) in [6, 6.07) is 5.16. The van der Waals surface area contributed by atoms with Crippen molar-refractivity contribution in [1.82, 2.24) is 15.2 Å². The average molecular weight is 461 g/mol. The van der Waals surface area contributed by atoms with E-state index < -0.39 is 37.1 Å². The van der Waals surface area contributed by atoms with Gasteiger partial charge in [-0.05, 0) is 12.1 Å². The third-order valence-corrected chi connectivity index (χ3v) is 3.46. The Balaban J connectivity index is 0.00000101. The Labute approximate surface area is 158 Å². The van der Waals surface area contributed by atoms with Crippen molar-refractivity contribution in [2.75, 3.05) is 6.61 Å². The molecule has 0 aliphatic carbocycles. The van der Waals surface area contributed by atoms with Crippen LogP contribution in [0.5, 0.6) is 0 Å². The van der Waals surface area contributed by atoms with Gasteiger partial charge in [-0.2, -0.15) is 0 Å². The van der Waals surface area contributed by atoms with Gasteiger partial charge in [0.05, 0.1) is 6.61 Å². The van der Waals surface area contributed by atoms with E-state index in [0.717, 1.165) is 0 Å². The summed E-state index contributed by atoms with van der Waals surface area (Å²) in [6.07, 6.45) is -5.02. The normalized spacial score (nSPS) is 28.5. The molecule has 1 saturated heterocycles. The van der Waals surface area contributed by atoms with Gasteiger partial charge in [-0.1, -0.05) is 6.07 Å². The number of hydrogen-bond donors (Lipinski definition) is 4. The number of halogens is 1. The summed E-state index contributed by atoms with van der Waals surface area (Å²) in [5, 5.41) is 46.2. The Hall–Kier alpha value is -0.997. The van der Waals surface area contributed by atoms with E-state index in [1.165, 1.54) is 0 Å². The Bertz CT molecular complexity index is 632. The molecule has 4 N–H and O–H groups in total. The van der Waals surface area contributed by atoms with Crippen molar-refractivity contribution in [2.24, 2.45) is 0 Å². The van der Waals surface area contributed by atoms with Gasteiger partial charge in [-0.15, -0.1) is 10.2 Å². The van der Waals surface area contributed by atoms with E-state index in [2.05, 4.69) is 24.9 Å². The molecule has 0 bridgehead atoms. The van der Waals surface area contributed by atoms with Crippen LogP contribution in [0.3, 0.4) is 0 Å². The molecule has 2 unspecified atom stereocenters. The van der Waals surface area contributed by atoms with Crippen molar-refractivity contribution in [3.63, 3.8) is 0 Å². The number of rotatable bonds is 3. The van der Waals surface area contributed by atoms with E-state index in [9.17, 15) is 15.3 Å². The monoisotopic (exact) mass is 461 g/mol. The van der Waals surface area contributed by atoms with E-state index in [0.29, 0.717) is 5.69 Å². The second-order valence-corrected chi connectivity index (χ2v) is 4.91. The van der Waals surface area contributed by atoms with E-state index in [4.69, 9.17) is 14.3 Å². The van der Waals surface area contributed by atoms with E-state index in [1.807, 2.05) is 17.3 Å². The molecular weight excluding hydrogens is 443 g/mol. The van der Waals surface area contributed by atoms with Crippen LogP contribution in [-0.2, 0) is 22.0 Å². The summed E-state index contributed by atoms with van der Waals surface area (Å²) < 4.78 is 10.8. The molecule has 1 fully saturated rings. The Morgan fingerprint density at radius 3 is 2.40 bits per heavy atom. The van der Waals surface area contributed by atoms with Gasteiger partial charge in [-0.25, -0.2) is 0 Å². The SMILES string of the molecule is OCC1O[C@@H](c2nnc(-c3ccccn3)o2)C(O)[C@@H](O)[C@@H]1O.[CH3-].[Cl][Ru+]. The Kier molecular flexibility index (Phi) is 9.02. The van der Waals surface area contributed by atoms with Crippen LogP contribution in [0.2, 0.25) is 0 Å². The molecule has 3 heterocycles. The molecule has 2 aromatic rings. The van der Waals surface area contributed by atoms with Gasteiger partial charge in [0.1, 0.15) is 30.1 Å². The van der Waals surface area contributed by atoms with Crippen molar-refractivity contribution in [3.8, 4) is 11.6 Å². The van der Waals surface area contributed by atoms with Gasteiger partial charge < -0.3 is 37.0 Å². The Morgan fingerprint density at radius 2 is 1.80 bits per heavy atom. The van der Waals surface area contributed by atoms with E-state index in [-0.39, 0.29) is 19.2 Å². The summed E-state index contributed by atoms with van der Waals surface area (Å²) >= 11 is 1.82. The quantitative estimate of drug-likeness (QED) is 0.361. The second-order valence-electron chi connectivity index (χ2n) is 4.91. The van der Waals surface area contributed by atoms with Gasteiger partial charge in [0.2, 0.25) is 5.89 Å². The number of aliphatic hydroxyl groups is 4. The summed E-state index contributed by atoms with van der Waals surface area (Å²) in [5.41, 5.74) is 0.450. The molecule has 11 heteroatoms. The predicted octanol–water partition coefficient (Wildman–Crippen LogP) is -0.216. The molecule has 1 aliphatic heterocycles. The van der Waals surface area contributed by atoms with Crippen LogP contribution in [0.15, 0.2) is 28.8 Å². The zero-order valence-electron chi connectivity index (χ0n) is 13.1. The number of aromatic nitrogens is 3. The summed E-state index contributed by atoms with van der Waals surface area (Å²) in [6.45, 7) is -0.525. The third kappa shape index (κ3) is 4.80. The van der Waals surface area contributed by atoms with Crippen molar-refractivity contribution in [1.29, 1.82) is 0 Å². The van der Waals surface area contributed by atoms with Gasteiger partial charge >= 0.3 is 27.0 Å². The van der Waals surface area contributed by atoms with Crippen LogP contribution in [0.25, 0.3) is 11.6 Å². The van der Waals surface area contributed by atoms with Crippen molar-refractivity contribution >= 4 is 9.69 Å². The topological polar surface area (TPSA) is 142 Å². The third-order valence-electron chi connectivity index (χ3n) is 3.46. The van der Waals surface area contributed by atoms with E-state index in [1.54, 1.807) is 24.4 Å². The standard InChI is InChI=1S/C13H15N3O6.CH3.ClH.Ru/c17-5-7-8(18)9(19)10(20)11(21-7)13-16-15-12(22-13)6-3-1-2-4-14-6;;;/h1-4,7-11,17-20H,5H2;1H3;1H;/q;-1;;+2/p-1/t7?,8-,9+,10?,11-;;;/m1.../s1. The molecule has 140 valence electrons. The first kappa shape index (κ1) is 22.0. The fraction of sp³-hybridized carbons (Fsp3) is 0.429. The summed E-state index contributed by atoms with van der Waals surface area (Å²) in [5.74, 6) is 0.0603. The minimum atomic E-state index is -1.50. The fourth-order valence-corrected chi connectivity index (χ4v) is 2.25. The van der Waals surface area contributed by atoms with Gasteiger partial charge in [-0.3, -0.25) is 4.98 Å². The molecule has 0 spiro atoms. The molecule has 0 amide bonds. The molecule has 5 atom stereocenters. The van der Waals surface area contributed by atoms with Gasteiger partial charge in [0, 0.05) is 6.20 Å². The van der Waals surface area contributed by atoms with Gasteiger partial charge in [0.15, 0.2) is 6.10 Å². The fourth-order valence-electron chi connectivity index (χ4n) is 2.25. The molecule has 0 saturated carbocycles. The first-order valence-corrected chi connectivity index (χ1v) is 9.04. The van der Waals surface area contributed by atoms with Crippen LogP contribution in [0, 0.1) is 7.43 Å². The van der Waals surface area contributed by atoms with Crippen LogP contribution < -0.4 is 0 Å². The number of pyridine rings is 1. The van der Waals surface area contributed by atoms with Crippen LogP contribution in [-0.4, -0.2) is 66.6 Å². The minimum absolute atomic E-state index is 0. The molecule has 0 aromatic carbocycles. The van der Waals surface area contributed by atoms with Crippen molar-refractivity contribution in [2.45, 2.75) is 30.5 Å². The second kappa shape index (κ2) is 10.2. The van der Waals surface area contributed by atoms with Crippen LogP contribution in [0.1, 0.15) is 12.0 Å². The summed E-state index contributed by atoms with van der Waals surface area (Å²) in [7, 11) is 4.57. The molecule has 25 heavy (non-hydrogen) atoms. The number of hydrogen-bond acceptors (Lipinski definition) is 9. The maximum atomic E-state index is 9.99. The molecule has 1 aliphatic rings. The number of aliphatic hydroxyl groups excluding tert-OH is 4. The average Bonchev–Trinajstić information content (AvgIpc) is 3.12. The zero-order valence-corrected chi connectivity index (χ0v) is 15.6. The van der Waals surface area contributed by atoms with Crippen LogP contribution >= 0.6 is 9.69 Å². The number of nitrogens with zero attached hydrogens (tertiary/aromatic N) is 3. The predicted molar refractivity (Wildman–Crippen MR) is 82.5 cm³/mol. The van der Waals surface area contributed by atoms with E-state index >= 15 is 0 Å².